The lowest BCUT2D eigenvalue weighted by Crippen LogP contribution is -2.34. The van der Waals surface area contributed by atoms with Crippen LogP contribution < -0.4 is 4.74 Å². The average Bonchev–Trinajstić information content (AvgIpc) is 2.22. The van der Waals surface area contributed by atoms with Crippen molar-refractivity contribution in [1.82, 2.24) is 0 Å². The largest absolute Gasteiger partial charge is 0.476 e. The highest BCUT2D eigenvalue weighted by Crippen LogP contribution is 2.35. The van der Waals surface area contributed by atoms with E-state index in [4.69, 9.17) is 4.74 Å². The average molecular weight is 232 g/mol. The van der Waals surface area contributed by atoms with Crippen LogP contribution >= 0.6 is 0 Å². The number of rotatable bonds is 0. The Balaban J connectivity index is 2.43. The second-order valence-corrected chi connectivity index (χ2v) is 3.53. The molecular formula is C11H8F4O. The predicted octanol–water partition coefficient (Wildman–Crippen LogP) is 3.47. The minimum absolute atomic E-state index is 0.0372. The van der Waals surface area contributed by atoms with Crippen LogP contribution in [0.1, 0.15) is 11.1 Å². The molecule has 0 aromatic heterocycles. The van der Waals surface area contributed by atoms with Crippen LogP contribution in [0.15, 0.2) is 18.2 Å². The number of benzene rings is 1. The van der Waals surface area contributed by atoms with Crippen LogP contribution in [0.4, 0.5) is 17.6 Å². The summed E-state index contributed by atoms with van der Waals surface area (Å²) >= 11 is 0. The molecule has 0 saturated carbocycles. The van der Waals surface area contributed by atoms with E-state index < -0.39 is 18.1 Å². The molecule has 0 spiro atoms. The lowest BCUT2D eigenvalue weighted by Gasteiger charge is -2.24. The first kappa shape index (κ1) is 11.0. The van der Waals surface area contributed by atoms with Gasteiger partial charge in [-0.1, -0.05) is 6.08 Å². The Hall–Kier alpha value is -1.52. The molecule has 2 rings (SSSR count). The normalized spacial score (nSPS) is 19.2. The van der Waals surface area contributed by atoms with Gasteiger partial charge in [0.15, 0.2) is 0 Å². The van der Waals surface area contributed by atoms with Gasteiger partial charge in [-0.3, -0.25) is 0 Å². The molecule has 16 heavy (non-hydrogen) atoms. The molecule has 1 unspecified atom stereocenters. The number of hydrogen-bond donors (Lipinski definition) is 0. The zero-order chi connectivity index (χ0) is 11.9. The van der Waals surface area contributed by atoms with Crippen molar-refractivity contribution in [3.05, 3.63) is 35.2 Å². The zero-order valence-electron chi connectivity index (χ0n) is 8.31. The van der Waals surface area contributed by atoms with Crippen molar-refractivity contribution < 1.29 is 22.3 Å². The number of ether oxygens (including phenoxy) is 1. The number of alkyl halides is 3. The molecule has 5 heteroatoms. The van der Waals surface area contributed by atoms with Crippen molar-refractivity contribution in [1.29, 1.82) is 0 Å². The summed E-state index contributed by atoms with van der Waals surface area (Å²) in [7, 11) is 0. The lowest BCUT2D eigenvalue weighted by atomic mass is 10.1. The molecule has 0 N–H and O–H groups in total. The van der Waals surface area contributed by atoms with Crippen LogP contribution in [0.2, 0.25) is 0 Å². The Morgan fingerprint density at radius 3 is 2.56 bits per heavy atom. The first-order chi connectivity index (χ1) is 7.39. The van der Waals surface area contributed by atoms with E-state index in [-0.39, 0.29) is 11.3 Å². The summed E-state index contributed by atoms with van der Waals surface area (Å²) in [6, 6.07) is 2.59. The van der Waals surface area contributed by atoms with Gasteiger partial charge in [-0.15, -0.1) is 0 Å². The van der Waals surface area contributed by atoms with Crippen molar-refractivity contribution in [3.63, 3.8) is 0 Å². The third kappa shape index (κ3) is 1.77. The van der Waals surface area contributed by atoms with Crippen molar-refractivity contribution in [2.24, 2.45) is 0 Å². The Morgan fingerprint density at radius 1 is 1.25 bits per heavy atom. The fourth-order valence-corrected chi connectivity index (χ4v) is 1.51. The fourth-order valence-electron chi connectivity index (χ4n) is 1.51. The fraction of sp³-hybridized carbons (Fsp3) is 0.273. The minimum atomic E-state index is -4.48. The third-order valence-corrected chi connectivity index (χ3v) is 2.39. The number of halogens is 4. The molecule has 1 aliphatic rings. The maximum Gasteiger partial charge on any atom is 0.429 e. The van der Waals surface area contributed by atoms with Gasteiger partial charge in [-0.25, -0.2) is 4.39 Å². The van der Waals surface area contributed by atoms with Gasteiger partial charge in [-0.05, 0) is 25.1 Å². The SMILES string of the molecule is Cc1c(F)ccc2c1OC(C(F)(F)F)C=C2. The predicted molar refractivity (Wildman–Crippen MR) is 50.6 cm³/mol. The second kappa shape index (κ2) is 3.50. The topological polar surface area (TPSA) is 9.23 Å². The van der Waals surface area contributed by atoms with Gasteiger partial charge in [-0.2, -0.15) is 13.2 Å². The summed E-state index contributed by atoms with van der Waals surface area (Å²) in [5.41, 5.74) is 0.551. The van der Waals surface area contributed by atoms with Gasteiger partial charge >= 0.3 is 6.18 Å². The molecule has 1 nitrogen and oxygen atoms in total. The van der Waals surface area contributed by atoms with Gasteiger partial charge < -0.3 is 4.74 Å². The van der Waals surface area contributed by atoms with Crippen molar-refractivity contribution in [2.45, 2.75) is 19.2 Å². The maximum atomic E-state index is 13.1. The third-order valence-electron chi connectivity index (χ3n) is 2.39. The minimum Gasteiger partial charge on any atom is -0.476 e. The van der Waals surface area contributed by atoms with Crippen molar-refractivity contribution in [2.75, 3.05) is 0 Å². The zero-order valence-corrected chi connectivity index (χ0v) is 8.31. The van der Waals surface area contributed by atoms with Crippen LogP contribution in [0.5, 0.6) is 5.75 Å². The quantitative estimate of drug-likeness (QED) is 0.622. The van der Waals surface area contributed by atoms with E-state index in [1.807, 2.05) is 0 Å². The van der Waals surface area contributed by atoms with Crippen LogP contribution in [0.25, 0.3) is 6.08 Å². The van der Waals surface area contributed by atoms with E-state index in [1.54, 1.807) is 0 Å². The molecule has 0 saturated heterocycles. The van der Waals surface area contributed by atoms with E-state index in [0.29, 0.717) is 5.56 Å². The summed E-state index contributed by atoms with van der Waals surface area (Å²) in [4.78, 5) is 0. The molecule has 1 atom stereocenters. The summed E-state index contributed by atoms with van der Waals surface area (Å²) in [6.07, 6.45) is -4.27. The van der Waals surface area contributed by atoms with Crippen LogP contribution in [-0.2, 0) is 0 Å². The summed E-state index contributed by atoms with van der Waals surface area (Å²) in [5.74, 6) is -0.611. The van der Waals surface area contributed by atoms with Crippen LogP contribution in [-0.4, -0.2) is 12.3 Å². The summed E-state index contributed by atoms with van der Waals surface area (Å²) in [6.45, 7) is 1.39. The molecule has 0 radical (unpaired) electrons. The standard InChI is InChI=1S/C11H8F4O/c1-6-8(12)4-2-7-3-5-9(11(13,14)15)16-10(6)7/h2-5,9H,1H3. The van der Waals surface area contributed by atoms with Crippen LogP contribution in [0.3, 0.4) is 0 Å². The molecule has 0 amide bonds. The molecule has 1 aromatic carbocycles. The van der Waals surface area contributed by atoms with E-state index in [1.165, 1.54) is 25.1 Å². The lowest BCUT2D eigenvalue weighted by molar-refractivity contribution is -0.180. The highest BCUT2D eigenvalue weighted by Gasteiger charge is 2.41. The molecule has 1 aliphatic heterocycles. The van der Waals surface area contributed by atoms with E-state index in [0.717, 1.165) is 6.08 Å². The number of hydrogen-bond acceptors (Lipinski definition) is 1. The summed E-state index contributed by atoms with van der Waals surface area (Å²) < 4.78 is 55.1. The molecule has 0 aliphatic carbocycles. The van der Waals surface area contributed by atoms with Crippen molar-refractivity contribution in [3.8, 4) is 5.75 Å². The first-order valence-electron chi connectivity index (χ1n) is 4.60. The molecule has 0 fully saturated rings. The molecule has 1 aromatic rings. The van der Waals surface area contributed by atoms with Crippen molar-refractivity contribution >= 4 is 6.08 Å². The van der Waals surface area contributed by atoms with E-state index >= 15 is 0 Å². The molecular weight excluding hydrogens is 224 g/mol. The summed E-state index contributed by atoms with van der Waals surface area (Å²) in [5, 5.41) is 0. The van der Waals surface area contributed by atoms with E-state index in [2.05, 4.69) is 0 Å². The Kier molecular flexibility index (Phi) is 2.40. The molecule has 86 valence electrons. The van der Waals surface area contributed by atoms with Gasteiger partial charge in [0, 0.05) is 11.1 Å². The molecule has 0 bridgehead atoms. The Bertz CT molecular complexity index is 448. The van der Waals surface area contributed by atoms with Gasteiger partial charge in [0.2, 0.25) is 6.10 Å². The Labute approximate surface area is 89.3 Å². The molecule has 1 heterocycles. The maximum absolute atomic E-state index is 13.1. The van der Waals surface area contributed by atoms with Gasteiger partial charge in [0.25, 0.3) is 0 Å². The van der Waals surface area contributed by atoms with Gasteiger partial charge in [0.1, 0.15) is 11.6 Å². The first-order valence-corrected chi connectivity index (χ1v) is 4.60. The number of fused-ring (bicyclic) bond motifs is 1. The smallest absolute Gasteiger partial charge is 0.429 e. The monoisotopic (exact) mass is 232 g/mol. The van der Waals surface area contributed by atoms with Crippen LogP contribution in [0, 0.1) is 12.7 Å². The second-order valence-electron chi connectivity index (χ2n) is 3.53. The highest BCUT2D eigenvalue weighted by molar-refractivity contribution is 5.62. The Morgan fingerprint density at radius 2 is 1.94 bits per heavy atom. The highest BCUT2D eigenvalue weighted by atomic mass is 19.4. The van der Waals surface area contributed by atoms with Gasteiger partial charge in [0.05, 0.1) is 0 Å². The van der Waals surface area contributed by atoms with E-state index in [9.17, 15) is 17.6 Å².